The fourth-order valence-corrected chi connectivity index (χ4v) is 1.26. The molecule has 0 atom stereocenters. The van der Waals surface area contributed by atoms with Gasteiger partial charge in [-0.2, -0.15) is 0 Å². The molecule has 5 nitrogen and oxygen atoms in total. The highest BCUT2D eigenvalue weighted by Gasteiger charge is 2.04. The summed E-state index contributed by atoms with van der Waals surface area (Å²) in [5, 5.41) is 2.80. The first-order valence-corrected chi connectivity index (χ1v) is 6.62. The van der Waals surface area contributed by atoms with Gasteiger partial charge < -0.3 is 19.7 Å². The lowest BCUT2D eigenvalue weighted by Crippen LogP contribution is -2.31. The summed E-state index contributed by atoms with van der Waals surface area (Å²) in [5.74, 6) is 0.101. The van der Waals surface area contributed by atoms with Crippen molar-refractivity contribution >= 4 is 5.91 Å². The van der Waals surface area contributed by atoms with Crippen LogP contribution in [0, 0.1) is 5.92 Å². The number of ether oxygens (including phenoxy) is 2. The van der Waals surface area contributed by atoms with E-state index in [-0.39, 0.29) is 11.8 Å². The van der Waals surface area contributed by atoms with Crippen LogP contribution in [0.5, 0.6) is 0 Å². The van der Waals surface area contributed by atoms with Crippen molar-refractivity contribution in [3.05, 3.63) is 0 Å². The standard InChI is InChI=1S/C13H28N2O3/c1-12(2)13(16)14-6-9-18-11-10-17-8-5-7-15(3)4/h12H,5-11H2,1-4H3,(H,14,16). The first-order chi connectivity index (χ1) is 8.54. The maximum atomic E-state index is 11.2. The molecule has 5 heteroatoms. The summed E-state index contributed by atoms with van der Waals surface area (Å²) in [4.78, 5) is 13.3. The van der Waals surface area contributed by atoms with Gasteiger partial charge in [-0.25, -0.2) is 0 Å². The van der Waals surface area contributed by atoms with Gasteiger partial charge in [-0.3, -0.25) is 4.79 Å². The van der Waals surface area contributed by atoms with Crippen LogP contribution in [-0.2, 0) is 14.3 Å². The van der Waals surface area contributed by atoms with Crippen LogP contribution >= 0.6 is 0 Å². The minimum atomic E-state index is 0.0324. The Morgan fingerprint density at radius 1 is 1.11 bits per heavy atom. The Labute approximate surface area is 111 Å². The fraction of sp³-hybridized carbons (Fsp3) is 0.923. The second kappa shape index (κ2) is 11.4. The van der Waals surface area contributed by atoms with E-state index in [9.17, 15) is 4.79 Å². The van der Waals surface area contributed by atoms with E-state index >= 15 is 0 Å². The number of carbonyl (C=O) groups is 1. The van der Waals surface area contributed by atoms with Crippen LogP contribution in [0.15, 0.2) is 0 Å². The molecule has 0 radical (unpaired) electrons. The average Bonchev–Trinajstić information content (AvgIpc) is 2.30. The maximum absolute atomic E-state index is 11.2. The van der Waals surface area contributed by atoms with Crippen LogP contribution in [0.1, 0.15) is 20.3 Å². The molecule has 0 rings (SSSR count). The molecule has 0 unspecified atom stereocenters. The van der Waals surface area contributed by atoms with Gasteiger partial charge in [0.15, 0.2) is 0 Å². The fourth-order valence-electron chi connectivity index (χ4n) is 1.26. The zero-order valence-corrected chi connectivity index (χ0v) is 12.2. The number of hydrogen-bond donors (Lipinski definition) is 1. The third-order valence-electron chi connectivity index (χ3n) is 2.34. The molecule has 0 aromatic carbocycles. The Hall–Kier alpha value is -0.650. The number of amides is 1. The summed E-state index contributed by atoms with van der Waals surface area (Å²) in [6, 6.07) is 0. The number of carbonyl (C=O) groups excluding carboxylic acids is 1. The lowest BCUT2D eigenvalue weighted by molar-refractivity contribution is -0.124. The van der Waals surface area contributed by atoms with Crippen LogP contribution < -0.4 is 5.32 Å². The Morgan fingerprint density at radius 3 is 2.28 bits per heavy atom. The minimum Gasteiger partial charge on any atom is -0.379 e. The lowest BCUT2D eigenvalue weighted by Gasteiger charge is -2.10. The van der Waals surface area contributed by atoms with Gasteiger partial charge in [0.25, 0.3) is 0 Å². The quantitative estimate of drug-likeness (QED) is 0.557. The van der Waals surface area contributed by atoms with Gasteiger partial charge in [0, 0.05) is 19.1 Å². The molecule has 0 aliphatic rings. The highest BCUT2D eigenvalue weighted by Crippen LogP contribution is 1.89. The molecular weight excluding hydrogens is 232 g/mol. The predicted octanol–water partition coefficient (Wildman–Crippen LogP) is 0.744. The van der Waals surface area contributed by atoms with Crippen molar-refractivity contribution in [1.82, 2.24) is 10.2 Å². The molecule has 1 amide bonds. The van der Waals surface area contributed by atoms with E-state index in [1.54, 1.807) is 0 Å². The molecule has 0 saturated carbocycles. The molecule has 0 aliphatic carbocycles. The molecule has 0 aromatic heterocycles. The predicted molar refractivity (Wildman–Crippen MR) is 72.7 cm³/mol. The van der Waals surface area contributed by atoms with E-state index in [2.05, 4.69) is 24.3 Å². The average molecular weight is 260 g/mol. The van der Waals surface area contributed by atoms with Crippen molar-refractivity contribution < 1.29 is 14.3 Å². The molecule has 0 saturated heterocycles. The first-order valence-electron chi connectivity index (χ1n) is 6.62. The Bertz CT molecular complexity index is 208. The van der Waals surface area contributed by atoms with E-state index in [1.165, 1.54) is 0 Å². The van der Waals surface area contributed by atoms with E-state index < -0.39 is 0 Å². The number of nitrogens with zero attached hydrogens (tertiary/aromatic N) is 1. The summed E-state index contributed by atoms with van der Waals surface area (Å²) in [6.07, 6.45) is 1.04. The molecule has 0 bridgehead atoms. The van der Waals surface area contributed by atoms with Crippen molar-refractivity contribution in [2.24, 2.45) is 5.92 Å². The SMILES string of the molecule is CC(C)C(=O)NCCOCCOCCCN(C)C. The van der Waals surface area contributed by atoms with Gasteiger partial charge in [-0.15, -0.1) is 0 Å². The van der Waals surface area contributed by atoms with Crippen LogP contribution in [-0.4, -0.2) is 64.4 Å². The van der Waals surface area contributed by atoms with Gasteiger partial charge in [-0.05, 0) is 27.1 Å². The van der Waals surface area contributed by atoms with Gasteiger partial charge in [-0.1, -0.05) is 13.8 Å². The molecule has 108 valence electrons. The second-order valence-electron chi connectivity index (χ2n) is 4.83. The summed E-state index contributed by atoms with van der Waals surface area (Å²) < 4.78 is 10.8. The summed E-state index contributed by atoms with van der Waals surface area (Å²) in [5.41, 5.74) is 0. The molecular formula is C13H28N2O3. The van der Waals surface area contributed by atoms with Gasteiger partial charge in [0.05, 0.1) is 19.8 Å². The zero-order chi connectivity index (χ0) is 13.8. The monoisotopic (exact) mass is 260 g/mol. The number of rotatable bonds is 11. The van der Waals surface area contributed by atoms with Gasteiger partial charge >= 0.3 is 0 Å². The third kappa shape index (κ3) is 11.8. The van der Waals surface area contributed by atoms with Gasteiger partial charge in [0.1, 0.15) is 0 Å². The van der Waals surface area contributed by atoms with Crippen LogP contribution in [0.25, 0.3) is 0 Å². The molecule has 18 heavy (non-hydrogen) atoms. The molecule has 0 heterocycles. The van der Waals surface area contributed by atoms with E-state index in [0.717, 1.165) is 19.6 Å². The van der Waals surface area contributed by atoms with E-state index in [1.807, 2.05) is 13.8 Å². The summed E-state index contributed by atoms with van der Waals surface area (Å²) in [6.45, 7) is 7.87. The normalized spacial score (nSPS) is 11.2. The topological polar surface area (TPSA) is 50.8 Å². The smallest absolute Gasteiger partial charge is 0.222 e. The van der Waals surface area contributed by atoms with Crippen LogP contribution in [0.3, 0.4) is 0 Å². The minimum absolute atomic E-state index is 0.0324. The Morgan fingerprint density at radius 2 is 1.72 bits per heavy atom. The van der Waals surface area contributed by atoms with Crippen molar-refractivity contribution in [2.45, 2.75) is 20.3 Å². The number of nitrogens with one attached hydrogen (secondary N) is 1. The largest absolute Gasteiger partial charge is 0.379 e. The molecule has 0 aromatic rings. The van der Waals surface area contributed by atoms with Crippen molar-refractivity contribution in [3.8, 4) is 0 Å². The molecule has 0 aliphatic heterocycles. The van der Waals surface area contributed by atoms with E-state index in [0.29, 0.717) is 26.4 Å². The lowest BCUT2D eigenvalue weighted by atomic mass is 10.2. The summed E-state index contributed by atoms with van der Waals surface area (Å²) >= 11 is 0. The van der Waals surface area contributed by atoms with Crippen LogP contribution in [0.4, 0.5) is 0 Å². The highest BCUT2D eigenvalue weighted by atomic mass is 16.5. The molecule has 0 spiro atoms. The maximum Gasteiger partial charge on any atom is 0.222 e. The van der Waals surface area contributed by atoms with Crippen molar-refractivity contribution in [1.29, 1.82) is 0 Å². The molecule has 0 fully saturated rings. The van der Waals surface area contributed by atoms with Gasteiger partial charge in [0.2, 0.25) is 5.91 Å². The summed E-state index contributed by atoms with van der Waals surface area (Å²) in [7, 11) is 4.10. The third-order valence-corrected chi connectivity index (χ3v) is 2.34. The Balaban J connectivity index is 3.10. The number of hydrogen-bond acceptors (Lipinski definition) is 4. The zero-order valence-electron chi connectivity index (χ0n) is 12.2. The first kappa shape index (κ1) is 17.4. The van der Waals surface area contributed by atoms with Crippen LogP contribution in [0.2, 0.25) is 0 Å². The van der Waals surface area contributed by atoms with Crippen molar-refractivity contribution in [2.75, 3.05) is 53.6 Å². The highest BCUT2D eigenvalue weighted by molar-refractivity contribution is 5.77. The molecule has 1 N–H and O–H groups in total. The second-order valence-corrected chi connectivity index (χ2v) is 4.83. The van der Waals surface area contributed by atoms with E-state index in [4.69, 9.17) is 9.47 Å². The van der Waals surface area contributed by atoms with Crippen molar-refractivity contribution in [3.63, 3.8) is 0 Å². The Kier molecular flexibility index (Phi) is 11.0.